The molecule has 2 amide bonds. The molecule has 0 spiro atoms. The van der Waals surface area contributed by atoms with Crippen molar-refractivity contribution >= 4 is 35.0 Å². The molecular formula is C18H14N4O2S. The quantitative estimate of drug-likeness (QED) is 0.676. The molecule has 124 valence electrons. The van der Waals surface area contributed by atoms with E-state index in [1.54, 1.807) is 18.3 Å². The van der Waals surface area contributed by atoms with Gasteiger partial charge in [0.15, 0.2) is 0 Å². The van der Waals surface area contributed by atoms with Crippen molar-refractivity contribution in [3.05, 3.63) is 60.3 Å². The van der Waals surface area contributed by atoms with Crippen LogP contribution < -0.4 is 10.6 Å². The zero-order chi connectivity index (χ0) is 17.2. The highest BCUT2D eigenvalue weighted by Crippen LogP contribution is 2.32. The van der Waals surface area contributed by atoms with Crippen LogP contribution in [0.1, 0.15) is 10.4 Å². The molecule has 1 aliphatic rings. The highest BCUT2D eigenvalue weighted by molar-refractivity contribution is 8.00. The average molecular weight is 350 g/mol. The second kappa shape index (κ2) is 6.45. The van der Waals surface area contributed by atoms with Gasteiger partial charge in [-0.05, 0) is 36.4 Å². The van der Waals surface area contributed by atoms with Crippen LogP contribution in [-0.2, 0) is 4.79 Å². The number of hydrogen-bond acceptors (Lipinski definition) is 4. The molecule has 0 saturated carbocycles. The molecule has 0 saturated heterocycles. The van der Waals surface area contributed by atoms with Crippen LogP contribution in [0.25, 0.3) is 11.3 Å². The Bertz CT molecular complexity index is 953. The Morgan fingerprint density at radius 3 is 2.92 bits per heavy atom. The Labute approximate surface area is 148 Å². The summed E-state index contributed by atoms with van der Waals surface area (Å²) in [5.74, 6) is 0.121. The number of thioether (sulfide) groups is 1. The lowest BCUT2D eigenvalue weighted by Crippen LogP contribution is -2.19. The number of benzene rings is 2. The molecule has 7 heteroatoms. The normalized spacial score (nSPS) is 13.0. The third-order valence-corrected chi connectivity index (χ3v) is 4.88. The van der Waals surface area contributed by atoms with Gasteiger partial charge in [0.1, 0.15) is 0 Å². The highest BCUT2D eigenvalue weighted by Gasteiger charge is 2.17. The van der Waals surface area contributed by atoms with Crippen molar-refractivity contribution in [3.8, 4) is 11.3 Å². The maximum atomic E-state index is 12.5. The number of fused-ring (bicyclic) bond motifs is 1. The van der Waals surface area contributed by atoms with E-state index in [1.807, 2.05) is 36.4 Å². The minimum Gasteiger partial charge on any atom is -0.324 e. The first kappa shape index (κ1) is 15.5. The van der Waals surface area contributed by atoms with Crippen LogP contribution in [0, 0.1) is 0 Å². The molecule has 1 aliphatic heterocycles. The number of H-pyrrole nitrogens is 1. The summed E-state index contributed by atoms with van der Waals surface area (Å²) < 4.78 is 0. The number of aromatic nitrogens is 2. The lowest BCUT2D eigenvalue weighted by molar-refractivity contribution is -0.113. The van der Waals surface area contributed by atoms with Crippen LogP contribution in [0.3, 0.4) is 0 Å². The number of rotatable bonds is 3. The van der Waals surface area contributed by atoms with Gasteiger partial charge in [0.05, 0.1) is 17.1 Å². The van der Waals surface area contributed by atoms with E-state index in [1.165, 1.54) is 11.8 Å². The standard InChI is InChI=1S/C18H14N4O2S/c23-17-10-25-16-5-4-12(9-15(16)21-17)18(24)20-13-3-1-2-11(8-13)14-6-7-19-22-14/h1-9H,10H2,(H,19,22)(H,20,24)(H,21,23). The summed E-state index contributed by atoms with van der Waals surface area (Å²) in [6.07, 6.45) is 1.68. The Morgan fingerprint density at radius 2 is 2.08 bits per heavy atom. The zero-order valence-electron chi connectivity index (χ0n) is 13.1. The van der Waals surface area contributed by atoms with E-state index in [4.69, 9.17) is 0 Å². The van der Waals surface area contributed by atoms with Crippen LogP contribution in [0.4, 0.5) is 11.4 Å². The molecule has 25 heavy (non-hydrogen) atoms. The number of carbonyl (C=O) groups excluding carboxylic acids is 2. The zero-order valence-corrected chi connectivity index (χ0v) is 13.9. The Hall–Kier alpha value is -3.06. The minimum absolute atomic E-state index is 0.0534. The molecule has 3 aromatic rings. The second-order valence-electron chi connectivity index (χ2n) is 5.55. The summed E-state index contributed by atoms with van der Waals surface area (Å²) in [5.41, 5.74) is 3.68. The summed E-state index contributed by atoms with van der Waals surface area (Å²) >= 11 is 1.47. The van der Waals surface area contributed by atoms with E-state index >= 15 is 0 Å². The van der Waals surface area contributed by atoms with Gasteiger partial charge in [-0.15, -0.1) is 11.8 Å². The van der Waals surface area contributed by atoms with Crippen molar-refractivity contribution in [2.45, 2.75) is 4.90 Å². The van der Waals surface area contributed by atoms with Crippen molar-refractivity contribution < 1.29 is 9.59 Å². The molecule has 0 atom stereocenters. The van der Waals surface area contributed by atoms with Gasteiger partial charge in [0.2, 0.25) is 5.91 Å². The number of aromatic amines is 1. The maximum Gasteiger partial charge on any atom is 0.255 e. The largest absolute Gasteiger partial charge is 0.324 e. The summed E-state index contributed by atoms with van der Waals surface area (Å²) in [5, 5.41) is 12.5. The monoisotopic (exact) mass is 350 g/mol. The first-order valence-electron chi connectivity index (χ1n) is 7.67. The molecule has 1 aromatic heterocycles. The third kappa shape index (κ3) is 3.27. The Morgan fingerprint density at radius 1 is 1.16 bits per heavy atom. The highest BCUT2D eigenvalue weighted by atomic mass is 32.2. The van der Waals surface area contributed by atoms with Crippen molar-refractivity contribution in [3.63, 3.8) is 0 Å². The smallest absolute Gasteiger partial charge is 0.255 e. The molecule has 0 bridgehead atoms. The van der Waals surface area contributed by atoms with Crippen molar-refractivity contribution in [2.75, 3.05) is 16.4 Å². The molecule has 4 rings (SSSR count). The van der Waals surface area contributed by atoms with Crippen LogP contribution >= 0.6 is 11.8 Å². The molecule has 6 nitrogen and oxygen atoms in total. The Kier molecular flexibility index (Phi) is 3.99. The van der Waals surface area contributed by atoms with E-state index < -0.39 is 0 Å². The van der Waals surface area contributed by atoms with E-state index in [-0.39, 0.29) is 11.8 Å². The van der Waals surface area contributed by atoms with Crippen LogP contribution in [0.2, 0.25) is 0 Å². The lowest BCUT2D eigenvalue weighted by atomic mass is 10.1. The predicted octanol–water partition coefficient (Wildman–Crippen LogP) is 3.37. The molecule has 0 unspecified atom stereocenters. The van der Waals surface area contributed by atoms with E-state index in [9.17, 15) is 9.59 Å². The first-order chi connectivity index (χ1) is 12.2. The molecule has 0 fully saturated rings. The second-order valence-corrected chi connectivity index (χ2v) is 6.57. The minimum atomic E-state index is -0.227. The molecule has 0 aliphatic carbocycles. The fourth-order valence-corrected chi connectivity index (χ4v) is 3.40. The summed E-state index contributed by atoms with van der Waals surface area (Å²) in [6, 6.07) is 14.7. The summed E-state index contributed by atoms with van der Waals surface area (Å²) in [7, 11) is 0. The topological polar surface area (TPSA) is 86.9 Å². The first-order valence-corrected chi connectivity index (χ1v) is 8.65. The van der Waals surface area contributed by atoms with Crippen molar-refractivity contribution in [1.29, 1.82) is 0 Å². The van der Waals surface area contributed by atoms with Gasteiger partial charge < -0.3 is 10.6 Å². The molecule has 3 N–H and O–H groups in total. The number of carbonyl (C=O) groups is 2. The van der Waals surface area contributed by atoms with E-state index in [0.717, 1.165) is 16.2 Å². The van der Waals surface area contributed by atoms with E-state index in [2.05, 4.69) is 20.8 Å². The van der Waals surface area contributed by atoms with Crippen LogP contribution in [0.5, 0.6) is 0 Å². The van der Waals surface area contributed by atoms with Gasteiger partial charge >= 0.3 is 0 Å². The number of nitrogens with one attached hydrogen (secondary N) is 3. The number of amides is 2. The van der Waals surface area contributed by atoms with Gasteiger partial charge in [-0.2, -0.15) is 5.10 Å². The van der Waals surface area contributed by atoms with Crippen molar-refractivity contribution in [2.24, 2.45) is 0 Å². The summed E-state index contributed by atoms with van der Waals surface area (Å²) in [4.78, 5) is 25.0. The molecule has 0 radical (unpaired) electrons. The lowest BCUT2D eigenvalue weighted by Gasteiger charge is -2.17. The maximum absolute atomic E-state index is 12.5. The van der Waals surface area contributed by atoms with Gasteiger partial charge in [-0.25, -0.2) is 0 Å². The summed E-state index contributed by atoms with van der Waals surface area (Å²) in [6.45, 7) is 0. The van der Waals surface area contributed by atoms with Gasteiger partial charge in [0.25, 0.3) is 5.91 Å². The molecular weight excluding hydrogens is 336 g/mol. The van der Waals surface area contributed by atoms with Gasteiger partial charge in [-0.1, -0.05) is 12.1 Å². The predicted molar refractivity (Wildman–Crippen MR) is 97.8 cm³/mol. The van der Waals surface area contributed by atoms with E-state index in [0.29, 0.717) is 22.7 Å². The van der Waals surface area contributed by atoms with Crippen LogP contribution in [0.15, 0.2) is 59.6 Å². The molecule has 2 aromatic carbocycles. The number of anilines is 2. The SMILES string of the molecule is O=C1CSc2ccc(C(=O)Nc3cccc(-c4ccn[nH]4)c3)cc2N1. The van der Waals surface area contributed by atoms with Crippen molar-refractivity contribution in [1.82, 2.24) is 10.2 Å². The molecule has 2 heterocycles. The fourth-order valence-electron chi connectivity index (χ4n) is 2.61. The van der Waals surface area contributed by atoms with Gasteiger partial charge in [0, 0.05) is 27.9 Å². The number of hydrogen-bond donors (Lipinski definition) is 3. The number of nitrogens with zero attached hydrogens (tertiary/aromatic N) is 1. The third-order valence-electron chi connectivity index (χ3n) is 3.81. The average Bonchev–Trinajstić information content (AvgIpc) is 3.16. The Balaban J connectivity index is 1.55. The fraction of sp³-hybridized carbons (Fsp3) is 0.0556. The van der Waals surface area contributed by atoms with Gasteiger partial charge in [-0.3, -0.25) is 14.7 Å². The van der Waals surface area contributed by atoms with Crippen LogP contribution in [-0.4, -0.2) is 27.8 Å².